The van der Waals surface area contributed by atoms with Gasteiger partial charge >= 0.3 is 0 Å². The molecule has 1 aromatic heterocycles. The lowest BCUT2D eigenvalue weighted by Gasteiger charge is -2.03. The Bertz CT molecular complexity index is 553. The Kier molecular flexibility index (Phi) is 2.92. The first-order valence-corrected chi connectivity index (χ1v) is 6.57. The Hall–Kier alpha value is -1.61. The van der Waals surface area contributed by atoms with Gasteiger partial charge in [-0.3, -0.25) is 0 Å². The maximum absolute atomic E-state index is 4.43. The maximum Gasteiger partial charge on any atom is 0.120 e. The van der Waals surface area contributed by atoms with Gasteiger partial charge in [0.25, 0.3) is 0 Å². The van der Waals surface area contributed by atoms with E-state index in [1.54, 1.807) is 0 Å². The molecule has 94 valence electrons. The number of H-pyrrole nitrogens is 1. The van der Waals surface area contributed by atoms with Crippen molar-refractivity contribution in [3.8, 4) is 11.3 Å². The van der Waals surface area contributed by atoms with Crippen LogP contribution in [0.3, 0.4) is 0 Å². The SMILES string of the molecule is Cc1ccc(-c2cnc(CNC3CC3)[nH]2)cc1C. The van der Waals surface area contributed by atoms with E-state index in [-0.39, 0.29) is 0 Å². The first-order valence-electron chi connectivity index (χ1n) is 6.57. The van der Waals surface area contributed by atoms with Crippen molar-refractivity contribution >= 4 is 0 Å². The summed E-state index contributed by atoms with van der Waals surface area (Å²) in [4.78, 5) is 7.81. The van der Waals surface area contributed by atoms with Gasteiger partial charge in [0, 0.05) is 6.04 Å². The summed E-state index contributed by atoms with van der Waals surface area (Å²) in [5.41, 5.74) is 4.96. The molecule has 0 saturated heterocycles. The second-order valence-electron chi connectivity index (χ2n) is 5.20. The van der Waals surface area contributed by atoms with Crippen molar-refractivity contribution in [2.75, 3.05) is 0 Å². The van der Waals surface area contributed by atoms with Crippen LogP contribution in [0.25, 0.3) is 11.3 Å². The van der Waals surface area contributed by atoms with Gasteiger partial charge in [0.2, 0.25) is 0 Å². The first kappa shape index (κ1) is 11.5. The zero-order valence-electron chi connectivity index (χ0n) is 11.0. The van der Waals surface area contributed by atoms with Crippen LogP contribution in [0.2, 0.25) is 0 Å². The lowest BCUT2D eigenvalue weighted by molar-refractivity contribution is 0.664. The lowest BCUT2D eigenvalue weighted by atomic mass is 10.1. The molecule has 0 amide bonds. The molecule has 0 unspecified atom stereocenters. The molecule has 1 heterocycles. The Morgan fingerprint density at radius 2 is 2.11 bits per heavy atom. The highest BCUT2D eigenvalue weighted by atomic mass is 15.0. The average molecular weight is 241 g/mol. The van der Waals surface area contributed by atoms with Gasteiger partial charge < -0.3 is 10.3 Å². The Labute approximate surface area is 108 Å². The summed E-state index contributed by atoms with van der Waals surface area (Å²) in [5, 5.41) is 3.46. The third-order valence-corrected chi connectivity index (χ3v) is 3.58. The number of aromatic nitrogens is 2. The Balaban J connectivity index is 1.76. The van der Waals surface area contributed by atoms with E-state index in [1.807, 2.05) is 6.20 Å². The Morgan fingerprint density at radius 3 is 2.83 bits per heavy atom. The van der Waals surface area contributed by atoms with E-state index in [9.17, 15) is 0 Å². The van der Waals surface area contributed by atoms with Gasteiger partial charge in [0.05, 0.1) is 18.4 Å². The molecular formula is C15H19N3. The molecule has 0 radical (unpaired) electrons. The van der Waals surface area contributed by atoms with Gasteiger partial charge in [-0.2, -0.15) is 0 Å². The van der Waals surface area contributed by atoms with Gasteiger partial charge in [0.15, 0.2) is 0 Å². The van der Waals surface area contributed by atoms with Crippen molar-refractivity contribution in [1.29, 1.82) is 0 Å². The molecule has 0 spiro atoms. The molecule has 2 N–H and O–H groups in total. The maximum atomic E-state index is 4.43. The van der Waals surface area contributed by atoms with E-state index in [1.165, 1.54) is 29.5 Å². The van der Waals surface area contributed by atoms with Gasteiger partial charge in [-0.1, -0.05) is 12.1 Å². The van der Waals surface area contributed by atoms with Crippen LogP contribution in [0, 0.1) is 13.8 Å². The van der Waals surface area contributed by atoms with E-state index >= 15 is 0 Å². The number of rotatable bonds is 4. The zero-order valence-corrected chi connectivity index (χ0v) is 11.0. The van der Waals surface area contributed by atoms with E-state index in [4.69, 9.17) is 0 Å². The molecule has 1 fully saturated rings. The Morgan fingerprint density at radius 1 is 1.28 bits per heavy atom. The smallest absolute Gasteiger partial charge is 0.120 e. The summed E-state index contributed by atoms with van der Waals surface area (Å²) < 4.78 is 0. The summed E-state index contributed by atoms with van der Waals surface area (Å²) in [6.45, 7) is 5.12. The third kappa shape index (κ3) is 2.46. The van der Waals surface area contributed by atoms with Gasteiger partial charge in [0.1, 0.15) is 5.82 Å². The fraction of sp³-hybridized carbons (Fsp3) is 0.400. The molecule has 0 bridgehead atoms. The molecule has 3 nitrogen and oxygen atoms in total. The van der Waals surface area contributed by atoms with Crippen LogP contribution in [0.5, 0.6) is 0 Å². The summed E-state index contributed by atoms with van der Waals surface area (Å²) in [5.74, 6) is 1.02. The predicted molar refractivity (Wildman–Crippen MR) is 73.4 cm³/mol. The van der Waals surface area contributed by atoms with Crippen molar-refractivity contribution in [2.45, 2.75) is 39.3 Å². The molecule has 0 atom stereocenters. The number of nitrogens with zero attached hydrogens (tertiary/aromatic N) is 1. The van der Waals surface area contributed by atoms with Crippen molar-refractivity contribution in [3.63, 3.8) is 0 Å². The molecule has 3 rings (SSSR count). The topological polar surface area (TPSA) is 40.7 Å². The summed E-state index contributed by atoms with van der Waals surface area (Å²) in [6, 6.07) is 7.24. The number of imidazole rings is 1. The highest BCUT2D eigenvalue weighted by molar-refractivity contribution is 5.60. The van der Waals surface area contributed by atoms with Crippen LogP contribution in [-0.4, -0.2) is 16.0 Å². The average Bonchev–Trinajstić information content (AvgIpc) is 3.08. The number of benzene rings is 1. The highest BCUT2D eigenvalue weighted by Gasteiger charge is 2.20. The van der Waals surface area contributed by atoms with Crippen molar-refractivity contribution in [1.82, 2.24) is 15.3 Å². The standard InChI is InChI=1S/C15H19N3/c1-10-3-4-12(7-11(10)2)14-8-17-15(18-14)9-16-13-5-6-13/h3-4,7-8,13,16H,5-6,9H2,1-2H3,(H,17,18). The molecule has 3 heteroatoms. The minimum Gasteiger partial charge on any atom is -0.341 e. The van der Waals surface area contributed by atoms with E-state index < -0.39 is 0 Å². The van der Waals surface area contributed by atoms with E-state index in [0.717, 1.165) is 24.1 Å². The van der Waals surface area contributed by atoms with Crippen LogP contribution in [0.4, 0.5) is 0 Å². The van der Waals surface area contributed by atoms with Crippen LogP contribution >= 0.6 is 0 Å². The minimum absolute atomic E-state index is 0.722. The molecular weight excluding hydrogens is 222 g/mol. The van der Waals surface area contributed by atoms with E-state index in [0.29, 0.717) is 0 Å². The molecule has 1 saturated carbocycles. The molecule has 2 aromatic rings. The third-order valence-electron chi connectivity index (χ3n) is 3.58. The largest absolute Gasteiger partial charge is 0.341 e. The van der Waals surface area contributed by atoms with Crippen LogP contribution in [-0.2, 0) is 6.54 Å². The highest BCUT2D eigenvalue weighted by Crippen LogP contribution is 2.21. The summed E-state index contributed by atoms with van der Waals surface area (Å²) in [7, 11) is 0. The zero-order chi connectivity index (χ0) is 12.5. The summed E-state index contributed by atoms with van der Waals surface area (Å²) >= 11 is 0. The molecule has 18 heavy (non-hydrogen) atoms. The van der Waals surface area contributed by atoms with Gasteiger partial charge in [-0.05, 0) is 49.4 Å². The lowest BCUT2D eigenvalue weighted by Crippen LogP contribution is -2.16. The number of hydrogen-bond donors (Lipinski definition) is 2. The monoisotopic (exact) mass is 241 g/mol. The fourth-order valence-electron chi connectivity index (χ4n) is 2.04. The number of hydrogen-bond acceptors (Lipinski definition) is 2. The number of nitrogens with one attached hydrogen (secondary N) is 2. The number of aryl methyl sites for hydroxylation is 2. The van der Waals surface area contributed by atoms with E-state index in [2.05, 4.69) is 47.3 Å². The predicted octanol–water partition coefficient (Wildman–Crippen LogP) is 2.95. The second kappa shape index (κ2) is 4.58. The first-order chi connectivity index (χ1) is 8.72. The van der Waals surface area contributed by atoms with Crippen LogP contribution in [0.15, 0.2) is 24.4 Å². The van der Waals surface area contributed by atoms with Crippen molar-refractivity contribution < 1.29 is 0 Å². The normalized spacial score (nSPS) is 15.0. The molecule has 1 aliphatic rings. The van der Waals surface area contributed by atoms with Crippen LogP contribution in [0.1, 0.15) is 29.8 Å². The molecule has 1 aliphatic carbocycles. The van der Waals surface area contributed by atoms with Gasteiger partial charge in [-0.15, -0.1) is 0 Å². The second-order valence-corrected chi connectivity index (χ2v) is 5.20. The van der Waals surface area contributed by atoms with Gasteiger partial charge in [-0.25, -0.2) is 4.98 Å². The van der Waals surface area contributed by atoms with Crippen molar-refractivity contribution in [3.05, 3.63) is 41.3 Å². The molecule has 0 aliphatic heterocycles. The fourth-order valence-corrected chi connectivity index (χ4v) is 2.04. The number of aromatic amines is 1. The van der Waals surface area contributed by atoms with Crippen LogP contribution < -0.4 is 5.32 Å². The molecule has 1 aromatic carbocycles. The summed E-state index contributed by atoms with van der Waals surface area (Å²) in [6.07, 6.45) is 4.55. The quantitative estimate of drug-likeness (QED) is 0.864. The van der Waals surface area contributed by atoms with Crippen molar-refractivity contribution in [2.24, 2.45) is 0 Å². The minimum atomic E-state index is 0.722.